The summed E-state index contributed by atoms with van der Waals surface area (Å²) in [5.74, 6) is 0.541. The highest BCUT2D eigenvalue weighted by molar-refractivity contribution is 5.69. The summed E-state index contributed by atoms with van der Waals surface area (Å²) in [7, 11) is 0. The van der Waals surface area contributed by atoms with Crippen molar-refractivity contribution in [3.63, 3.8) is 0 Å². The summed E-state index contributed by atoms with van der Waals surface area (Å²) in [4.78, 5) is 8.78. The van der Waals surface area contributed by atoms with Crippen molar-refractivity contribution in [1.82, 2.24) is 9.97 Å². The van der Waals surface area contributed by atoms with E-state index in [-0.39, 0.29) is 0 Å². The number of anilines is 2. The average molecular weight is 278 g/mol. The van der Waals surface area contributed by atoms with Crippen LogP contribution in [0.25, 0.3) is 5.57 Å². The maximum absolute atomic E-state index is 9.24. The fraction of sp³-hybridized carbons (Fsp3) is 0.188. The van der Waals surface area contributed by atoms with Crippen molar-refractivity contribution in [3.05, 3.63) is 53.7 Å². The van der Waals surface area contributed by atoms with Crippen LogP contribution in [0.3, 0.4) is 0 Å². The summed E-state index contributed by atoms with van der Waals surface area (Å²) in [6, 6.07) is 9.54. The summed E-state index contributed by atoms with van der Waals surface area (Å²) in [5, 5.41) is 12.4. The Bertz CT molecular complexity index is 746. The number of aryl methyl sites for hydroxylation is 1. The summed E-state index contributed by atoms with van der Waals surface area (Å²) in [6.07, 6.45) is 4.30. The Morgan fingerprint density at radius 3 is 2.95 bits per heavy atom. The molecule has 0 atom stereocenters. The minimum atomic E-state index is 0.501. The quantitative estimate of drug-likeness (QED) is 0.933. The van der Waals surface area contributed by atoms with Crippen LogP contribution in [0, 0.1) is 18.3 Å². The Hall–Kier alpha value is -2.87. The molecule has 21 heavy (non-hydrogen) atoms. The molecule has 5 nitrogen and oxygen atoms in total. The van der Waals surface area contributed by atoms with Crippen LogP contribution in [-0.4, -0.2) is 16.6 Å². The van der Waals surface area contributed by atoms with E-state index in [0.29, 0.717) is 18.0 Å². The van der Waals surface area contributed by atoms with Gasteiger partial charge in [-0.2, -0.15) is 5.26 Å². The predicted octanol–water partition coefficient (Wildman–Crippen LogP) is 3.16. The predicted molar refractivity (Wildman–Crippen MR) is 79.8 cm³/mol. The van der Waals surface area contributed by atoms with Gasteiger partial charge < -0.3 is 10.1 Å². The standard InChI is InChI=1S/C16H14N4O/c1-11-14(3-2-7-18-11)19-16-12(9-17)4-5-15(20-16)13-6-8-21-10-13/h2-5,7,10H,6,8H2,1H3,(H,19,20). The van der Waals surface area contributed by atoms with Gasteiger partial charge in [0.2, 0.25) is 0 Å². The first-order chi connectivity index (χ1) is 10.3. The second-order valence-electron chi connectivity index (χ2n) is 4.73. The fourth-order valence-electron chi connectivity index (χ4n) is 2.14. The van der Waals surface area contributed by atoms with Crippen LogP contribution < -0.4 is 5.32 Å². The zero-order chi connectivity index (χ0) is 14.7. The molecule has 0 amide bonds. The molecule has 2 aromatic heterocycles. The molecule has 0 saturated heterocycles. The lowest BCUT2D eigenvalue weighted by atomic mass is 10.1. The molecular weight excluding hydrogens is 264 g/mol. The highest BCUT2D eigenvalue weighted by Crippen LogP contribution is 2.26. The smallest absolute Gasteiger partial charge is 0.149 e. The molecule has 0 saturated carbocycles. The van der Waals surface area contributed by atoms with Gasteiger partial charge in [0.05, 0.1) is 35.5 Å². The first-order valence-corrected chi connectivity index (χ1v) is 6.69. The Balaban J connectivity index is 1.98. The third kappa shape index (κ3) is 2.70. The second kappa shape index (κ2) is 5.63. The molecule has 2 aromatic rings. The first kappa shape index (κ1) is 13.1. The zero-order valence-electron chi connectivity index (χ0n) is 11.6. The number of ether oxygens (including phenoxy) is 1. The Morgan fingerprint density at radius 2 is 2.24 bits per heavy atom. The highest BCUT2D eigenvalue weighted by Gasteiger charge is 2.13. The van der Waals surface area contributed by atoms with Crippen LogP contribution >= 0.6 is 0 Å². The van der Waals surface area contributed by atoms with Crippen molar-refractivity contribution in [2.45, 2.75) is 13.3 Å². The Morgan fingerprint density at radius 1 is 1.33 bits per heavy atom. The van der Waals surface area contributed by atoms with Gasteiger partial charge in [0.1, 0.15) is 11.9 Å². The lowest BCUT2D eigenvalue weighted by Gasteiger charge is -2.11. The summed E-state index contributed by atoms with van der Waals surface area (Å²) >= 11 is 0. The number of nitrogens with zero attached hydrogens (tertiary/aromatic N) is 3. The molecule has 1 N–H and O–H groups in total. The van der Waals surface area contributed by atoms with Gasteiger partial charge in [-0.3, -0.25) is 4.98 Å². The average Bonchev–Trinajstić information content (AvgIpc) is 3.04. The van der Waals surface area contributed by atoms with Crippen molar-refractivity contribution in [1.29, 1.82) is 5.26 Å². The van der Waals surface area contributed by atoms with Crippen LogP contribution in [0.15, 0.2) is 36.7 Å². The minimum absolute atomic E-state index is 0.501. The third-order valence-electron chi connectivity index (χ3n) is 3.32. The number of nitriles is 1. The molecule has 3 heterocycles. The van der Waals surface area contributed by atoms with Gasteiger partial charge >= 0.3 is 0 Å². The van der Waals surface area contributed by atoms with Gasteiger partial charge in [0.25, 0.3) is 0 Å². The maximum atomic E-state index is 9.24. The molecule has 0 fully saturated rings. The molecule has 5 heteroatoms. The number of pyridine rings is 2. The van der Waals surface area contributed by atoms with Gasteiger partial charge in [-0.1, -0.05) is 0 Å². The van der Waals surface area contributed by atoms with Gasteiger partial charge in [-0.25, -0.2) is 4.98 Å². The topological polar surface area (TPSA) is 70.8 Å². The van der Waals surface area contributed by atoms with Crippen molar-refractivity contribution < 1.29 is 4.74 Å². The third-order valence-corrected chi connectivity index (χ3v) is 3.32. The van der Waals surface area contributed by atoms with E-state index < -0.39 is 0 Å². The van der Waals surface area contributed by atoms with E-state index in [2.05, 4.69) is 21.4 Å². The van der Waals surface area contributed by atoms with Crippen molar-refractivity contribution in [3.8, 4) is 6.07 Å². The second-order valence-corrected chi connectivity index (χ2v) is 4.73. The summed E-state index contributed by atoms with van der Waals surface area (Å²) < 4.78 is 5.25. The zero-order valence-corrected chi connectivity index (χ0v) is 11.6. The normalized spacial score (nSPS) is 13.2. The summed E-state index contributed by atoms with van der Waals surface area (Å²) in [5.41, 5.74) is 4.08. The molecule has 104 valence electrons. The molecule has 1 aliphatic rings. The first-order valence-electron chi connectivity index (χ1n) is 6.69. The number of nitrogens with one attached hydrogen (secondary N) is 1. The molecule has 0 spiro atoms. The molecule has 0 aliphatic carbocycles. The SMILES string of the molecule is Cc1ncccc1Nc1nc(C2=COCC2)ccc1C#N. The number of hydrogen-bond donors (Lipinski definition) is 1. The number of aromatic nitrogens is 2. The molecule has 0 aromatic carbocycles. The molecule has 0 radical (unpaired) electrons. The lowest BCUT2D eigenvalue weighted by Crippen LogP contribution is -2.01. The minimum Gasteiger partial charge on any atom is -0.500 e. The van der Waals surface area contributed by atoms with Gasteiger partial charge in [0, 0.05) is 18.2 Å². The van der Waals surface area contributed by atoms with Gasteiger partial charge in [0.15, 0.2) is 0 Å². The fourth-order valence-corrected chi connectivity index (χ4v) is 2.14. The number of rotatable bonds is 3. The van der Waals surface area contributed by atoms with E-state index in [1.165, 1.54) is 0 Å². The van der Waals surface area contributed by atoms with Crippen LogP contribution in [0.1, 0.15) is 23.4 Å². The van der Waals surface area contributed by atoms with E-state index in [1.54, 1.807) is 18.5 Å². The van der Waals surface area contributed by atoms with Crippen LogP contribution in [0.2, 0.25) is 0 Å². The van der Waals surface area contributed by atoms with Gasteiger partial charge in [-0.15, -0.1) is 0 Å². The van der Waals surface area contributed by atoms with E-state index in [4.69, 9.17) is 4.74 Å². The van der Waals surface area contributed by atoms with E-state index in [0.717, 1.165) is 29.1 Å². The van der Waals surface area contributed by atoms with Crippen molar-refractivity contribution in [2.24, 2.45) is 0 Å². The summed E-state index contributed by atoms with van der Waals surface area (Å²) in [6.45, 7) is 2.59. The molecule has 0 bridgehead atoms. The Kier molecular flexibility index (Phi) is 3.52. The molecular formula is C16H14N4O. The van der Waals surface area contributed by atoms with E-state index >= 15 is 0 Å². The maximum Gasteiger partial charge on any atom is 0.149 e. The molecule has 3 rings (SSSR count). The largest absolute Gasteiger partial charge is 0.500 e. The van der Waals surface area contributed by atoms with Crippen molar-refractivity contribution in [2.75, 3.05) is 11.9 Å². The van der Waals surface area contributed by atoms with Crippen LogP contribution in [0.4, 0.5) is 11.5 Å². The molecule has 1 aliphatic heterocycles. The number of hydrogen-bond acceptors (Lipinski definition) is 5. The van der Waals surface area contributed by atoms with Crippen LogP contribution in [-0.2, 0) is 4.74 Å². The lowest BCUT2D eigenvalue weighted by molar-refractivity contribution is 0.281. The van der Waals surface area contributed by atoms with Gasteiger partial charge in [-0.05, 0) is 31.2 Å². The molecule has 0 unspecified atom stereocenters. The monoisotopic (exact) mass is 278 g/mol. The highest BCUT2D eigenvalue weighted by atomic mass is 16.5. The van der Waals surface area contributed by atoms with E-state index in [9.17, 15) is 5.26 Å². The van der Waals surface area contributed by atoms with Crippen molar-refractivity contribution >= 4 is 17.1 Å². The Labute approximate surface area is 122 Å². The van der Waals surface area contributed by atoms with Crippen LogP contribution in [0.5, 0.6) is 0 Å². The van der Waals surface area contributed by atoms with E-state index in [1.807, 2.05) is 25.1 Å².